The summed E-state index contributed by atoms with van der Waals surface area (Å²) in [6.45, 7) is 15.2. The molecule has 0 saturated carbocycles. The summed E-state index contributed by atoms with van der Waals surface area (Å²) >= 11 is 0. The second-order valence-electron chi connectivity index (χ2n) is 10.1. The maximum Gasteiger partial charge on any atom is 0.231 e. The van der Waals surface area contributed by atoms with Crippen molar-refractivity contribution in [1.82, 2.24) is 4.90 Å². The lowest BCUT2D eigenvalue weighted by molar-refractivity contribution is -0.129. The summed E-state index contributed by atoms with van der Waals surface area (Å²) in [7, 11) is 6.81. The van der Waals surface area contributed by atoms with E-state index >= 15 is 0 Å². The first-order chi connectivity index (χ1) is 19.7. The van der Waals surface area contributed by atoms with Crippen LogP contribution in [0.5, 0.6) is 0 Å². The topological polar surface area (TPSA) is 51.1 Å². The lowest BCUT2D eigenvalue weighted by atomic mass is 9.78. The Labute approximate surface area is 248 Å². The number of allylic oxidation sites excluding steroid dienone is 7. The minimum Gasteiger partial charge on any atom is -0.487 e. The van der Waals surface area contributed by atoms with Crippen LogP contribution < -0.4 is 0 Å². The summed E-state index contributed by atoms with van der Waals surface area (Å²) in [5, 5.41) is 0. The third-order valence-electron chi connectivity index (χ3n) is 6.82. The SMILES string of the molecule is [B]C(CCC(C=CC(=C)F)=CC)C1=CC(=NCCC)/C(OCc2ccccc2)=C(/C(C)OCC)CC(=O)N1CCC. The number of ether oxygens (including phenoxy) is 2. The molecule has 41 heavy (non-hydrogen) atoms. The summed E-state index contributed by atoms with van der Waals surface area (Å²) in [5.41, 5.74) is 4.12. The molecule has 1 aliphatic heterocycles. The Morgan fingerprint density at radius 3 is 2.54 bits per heavy atom. The van der Waals surface area contributed by atoms with Crippen LogP contribution in [0, 0.1) is 0 Å². The maximum atomic E-state index is 13.9. The molecule has 1 amide bonds. The van der Waals surface area contributed by atoms with E-state index in [0.29, 0.717) is 56.3 Å². The largest absolute Gasteiger partial charge is 0.487 e. The molecule has 2 atom stereocenters. The van der Waals surface area contributed by atoms with Gasteiger partial charge in [0, 0.05) is 31.0 Å². The fourth-order valence-electron chi connectivity index (χ4n) is 4.63. The zero-order valence-electron chi connectivity index (χ0n) is 25.5. The first-order valence-electron chi connectivity index (χ1n) is 14.8. The molecule has 7 heteroatoms. The fraction of sp³-hybridized carbons (Fsp3) is 0.471. The molecule has 2 rings (SSSR count). The monoisotopic (exact) mass is 560 g/mol. The number of carbonyl (C=O) groups excluding carboxylic acids is 1. The van der Waals surface area contributed by atoms with Gasteiger partial charge in [0.15, 0.2) is 0 Å². The van der Waals surface area contributed by atoms with Crippen LogP contribution in [-0.4, -0.2) is 50.2 Å². The van der Waals surface area contributed by atoms with E-state index in [2.05, 4.69) is 13.5 Å². The molecular weight excluding hydrogens is 514 g/mol. The summed E-state index contributed by atoms with van der Waals surface area (Å²) in [5.74, 6) is -0.420. The van der Waals surface area contributed by atoms with Gasteiger partial charge in [-0.3, -0.25) is 9.79 Å². The van der Waals surface area contributed by atoms with Gasteiger partial charge in [0.25, 0.3) is 0 Å². The van der Waals surface area contributed by atoms with Crippen LogP contribution in [0.25, 0.3) is 0 Å². The smallest absolute Gasteiger partial charge is 0.231 e. The number of aliphatic imine (C=N–C) groups is 1. The lowest BCUT2D eigenvalue weighted by Gasteiger charge is -2.33. The van der Waals surface area contributed by atoms with E-state index in [-0.39, 0.29) is 18.4 Å². The van der Waals surface area contributed by atoms with Gasteiger partial charge in [-0.25, -0.2) is 4.39 Å². The number of carbonyl (C=O) groups is 1. The van der Waals surface area contributed by atoms with E-state index in [1.54, 1.807) is 11.0 Å². The molecule has 1 aromatic rings. The van der Waals surface area contributed by atoms with E-state index in [0.717, 1.165) is 29.6 Å². The van der Waals surface area contributed by atoms with Crippen LogP contribution in [0.4, 0.5) is 4.39 Å². The van der Waals surface area contributed by atoms with Crippen molar-refractivity contribution in [2.75, 3.05) is 19.7 Å². The molecule has 0 spiro atoms. The lowest BCUT2D eigenvalue weighted by Crippen LogP contribution is -2.37. The number of hydrogen-bond acceptors (Lipinski definition) is 4. The first kappa shape index (κ1) is 34.0. The predicted molar refractivity (Wildman–Crippen MR) is 169 cm³/mol. The van der Waals surface area contributed by atoms with Crippen LogP contribution in [0.2, 0.25) is 5.82 Å². The molecule has 0 saturated heterocycles. The Bertz CT molecular complexity index is 1150. The van der Waals surface area contributed by atoms with Gasteiger partial charge in [-0.2, -0.15) is 0 Å². The zero-order chi connectivity index (χ0) is 30.2. The third kappa shape index (κ3) is 11.0. The second-order valence-corrected chi connectivity index (χ2v) is 10.1. The van der Waals surface area contributed by atoms with Crippen molar-refractivity contribution in [2.24, 2.45) is 4.99 Å². The first-order valence-corrected chi connectivity index (χ1v) is 14.8. The van der Waals surface area contributed by atoms with E-state index in [4.69, 9.17) is 22.3 Å². The molecule has 0 bridgehead atoms. The summed E-state index contributed by atoms with van der Waals surface area (Å²) in [6.07, 6.45) is 9.55. The van der Waals surface area contributed by atoms with Crippen molar-refractivity contribution in [3.05, 3.63) is 95.2 Å². The van der Waals surface area contributed by atoms with Gasteiger partial charge in [0.2, 0.25) is 5.91 Å². The highest BCUT2D eigenvalue weighted by Crippen LogP contribution is 2.32. The van der Waals surface area contributed by atoms with Crippen molar-refractivity contribution in [3.8, 4) is 0 Å². The van der Waals surface area contributed by atoms with Gasteiger partial charge >= 0.3 is 0 Å². The van der Waals surface area contributed by atoms with Gasteiger partial charge in [0.1, 0.15) is 23.9 Å². The molecule has 5 nitrogen and oxygen atoms in total. The Morgan fingerprint density at radius 1 is 1.20 bits per heavy atom. The van der Waals surface area contributed by atoms with Gasteiger partial charge in [-0.1, -0.05) is 68.5 Å². The van der Waals surface area contributed by atoms with Crippen molar-refractivity contribution in [3.63, 3.8) is 0 Å². The Morgan fingerprint density at radius 2 is 1.93 bits per heavy atom. The summed E-state index contributed by atoms with van der Waals surface area (Å²) in [6, 6.07) is 9.93. The molecule has 0 aliphatic carbocycles. The van der Waals surface area contributed by atoms with E-state index in [1.807, 2.05) is 70.2 Å². The molecule has 0 aromatic heterocycles. The van der Waals surface area contributed by atoms with Crippen LogP contribution in [0.1, 0.15) is 72.3 Å². The molecule has 1 aromatic carbocycles. The van der Waals surface area contributed by atoms with Crippen LogP contribution in [0.3, 0.4) is 0 Å². The number of amides is 1. The molecular formula is C34H46BFN2O3. The molecule has 1 heterocycles. The number of hydrogen-bond donors (Lipinski definition) is 0. The number of benzene rings is 1. The molecule has 0 fully saturated rings. The Kier molecular flexibility index (Phi) is 15.2. The van der Waals surface area contributed by atoms with E-state index in [1.165, 1.54) is 6.08 Å². The molecule has 2 unspecified atom stereocenters. The molecule has 2 radical (unpaired) electrons. The number of nitrogens with zero attached hydrogens (tertiary/aromatic N) is 2. The van der Waals surface area contributed by atoms with Crippen molar-refractivity contribution in [1.29, 1.82) is 0 Å². The molecule has 0 N–H and O–H groups in total. The predicted octanol–water partition coefficient (Wildman–Crippen LogP) is 7.98. The average Bonchev–Trinajstić information content (AvgIpc) is 2.96. The average molecular weight is 561 g/mol. The Hall–Kier alpha value is -3.19. The van der Waals surface area contributed by atoms with E-state index < -0.39 is 11.6 Å². The fourth-order valence-corrected chi connectivity index (χ4v) is 4.63. The molecule has 1 aliphatic rings. The van der Waals surface area contributed by atoms with Crippen LogP contribution in [0.15, 0.2) is 94.6 Å². The minimum atomic E-state index is -0.500. The highest BCUT2D eigenvalue weighted by molar-refractivity contribution is 6.16. The Balaban J connectivity index is 2.61. The standard InChI is InChI=1S/C34H46BFN2O3/c1-7-20-37-31-23-32(30(35)19-18-27(9-3)17-16-25(5)36)38(21-8-2)33(39)22-29(26(6)40-10-4)34(31)41-24-28-14-12-11-13-15-28/h9,11-17,23,26,30H,5,7-8,10,18-22,24H2,1-4,6H3/b17-16?,27-9?,32-23?,34-29-,37-31?. The third-order valence-corrected chi connectivity index (χ3v) is 6.82. The van der Waals surface area contributed by atoms with Gasteiger partial charge in [-0.15, -0.1) is 0 Å². The highest BCUT2D eigenvalue weighted by atomic mass is 19.1. The summed E-state index contributed by atoms with van der Waals surface area (Å²) < 4.78 is 25.7. The number of rotatable bonds is 16. The van der Waals surface area contributed by atoms with Crippen molar-refractivity contribution in [2.45, 2.75) is 85.3 Å². The summed E-state index contributed by atoms with van der Waals surface area (Å²) in [4.78, 5) is 20.6. The highest BCUT2D eigenvalue weighted by Gasteiger charge is 2.31. The maximum absolute atomic E-state index is 13.9. The zero-order valence-corrected chi connectivity index (χ0v) is 25.5. The van der Waals surface area contributed by atoms with Gasteiger partial charge < -0.3 is 14.4 Å². The normalized spacial score (nSPS) is 19.2. The van der Waals surface area contributed by atoms with Gasteiger partial charge in [0.05, 0.1) is 20.4 Å². The molecule has 220 valence electrons. The van der Waals surface area contributed by atoms with Crippen LogP contribution in [-0.2, 0) is 20.9 Å². The van der Waals surface area contributed by atoms with Crippen LogP contribution >= 0.6 is 0 Å². The minimum absolute atomic E-state index is 0.0506. The van der Waals surface area contributed by atoms with Crippen molar-refractivity contribution >= 4 is 19.5 Å². The van der Waals surface area contributed by atoms with Crippen molar-refractivity contribution < 1.29 is 18.7 Å². The second kappa shape index (κ2) is 18.3. The van der Waals surface area contributed by atoms with Gasteiger partial charge in [-0.05, 0) is 70.0 Å². The number of halogens is 1. The van der Waals surface area contributed by atoms with E-state index in [9.17, 15) is 9.18 Å². The quantitative estimate of drug-likeness (QED) is 0.152.